The molecule has 0 saturated heterocycles. The molecule has 0 spiro atoms. The highest BCUT2D eigenvalue weighted by Gasteiger charge is 2.42. The van der Waals surface area contributed by atoms with Gasteiger partial charge in [0.2, 0.25) is 5.76 Å². The van der Waals surface area contributed by atoms with Crippen molar-refractivity contribution in [3.05, 3.63) is 75.6 Å². The Hall–Kier alpha value is -2.57. The molecular weight excluding hydrogens is 350 g/mol. The summed E-state index contributed by atoms with van der Waals surface area (Å²) in [6.07, 6.45) is 1.99. The fraction of sp³-hybridized carbons (Fsp3) is 0.200. The highest BCUT2D eigenvalue weighted by molar-refractivity contribution is 7.98. The van der Waals surface area contributed by atoms with E-state index in [0.29, 0.717) is 16.5 Å². The van der Waals surface area contributed by atoms with Crippen LogP contribution in [0.4, 0.5) is 0 Å². The number of hydrogen-bond acceptors (Lipinski definition) is 5. The minimum Gasteiger partial charge on any atom is -0.450 e. The van der Waals surface area contributed by atoms with E-state index in [-0.39, 0.29) is 30.2 Å². The molecule has 0 radical (unpaired) electrons. The van der Waals surface area contributed by atoms with Gasteiger partial charge in [0.15, 0.2) is 5.43 Å². The summed E-state index contributed by atoms with van der Waals surface area (Å²) in [6, 6.07) is 14.1. The first-order chi connectivity index (χ1) is 12.7. The first-order valence-electron chi connectivity index (χ1n) is 8.27. The van der Waals surface area contributed by atoms with Gasteiger partial charge >= 0.3 is 0 Å². The number of aliphatic hydroxyl groups is 1. The maximum atomic E-state index is 13.1. The van der Waals surface area contributed by atoms with Gasteiger partial charge in [0, 0.05) is 11.4 Å². The maximum Gasteiger partial charge on any atom is 0.290 e. The Morgan fingerprint density at radius 3 is 2.54 bits per heavy atom. The SMILES string of the molecule is CSc1ccc([C@@H]2c3c(oc4ccccc4c3=O)C(=O)N2CCO)cc1. The summed E-state index contributed by atoms with van der Waals surface area (Å²) in [5.74, 6) is -0.295. The quantitative estimate of drug-likeness (QED) is 0.718. The monoisotopic (exact) mass is 367 g/mol. The molecule has 132 valence electrons. The number of benzene rings is 2. The molecule has 2 heterocycles. The second kappa shape index (κ2) is 6.63. The number of fused-ring (bicyclic) bond motifs is 2. The van der Waals surface area contributed by atoms with Crippen LogP contribution in [-0.4, -0.2) is 35.3 Å². The van der Waals surface area contributed by atoms with Crippen LogP contribution < -0.4 is 5.43 Å². The number of β-amino-alcohol motifs (C(OH)–C–C–N with tert-alkyl or cyclic N) is 1. The van der Waals surface area contributed by atoms with Crippen molar-refractivity contribution in [3.8, 4) is 0 Å². The van der Waals surface area contributed by atoms with Crippen LogP contribution in [0.3, 0.4) is 0 Å². The van der Waals surface area contributed by atoms with Crippen LogP contribution in [0.1, 0.15) is 27.7 Å². The molecule has 5 nitrogen and oxygen atoms in total. The summed E-state index contributed by atoms with van der Waals surface area (Å²) < 4.78 is 5.79. The van der Waals surface area contributed by atoms with Crippen molar-refractivity contribution in [2.24, 2.45) is 0 Å². The van der Waals surface area contributed by atoms with Crippen LogP contribution in [0.5, 0.6) is 0 Å². The van der Waals surface area contributed by atoms with Crippen molar-refractivity contribution in [1.82, 2.24) is 4.90 Å². The average molecular weight is 367 g/mol. The van der Waals surface area contributed by atoms with Gasteiger partial charge in [-0.05, 0) is 36.1 Å². The summed E-state index contributed by atoms with van der Waals surface area (Å²) in [7, 11) is 0. The van der Waals surface area contributed by atoms with Crippen molar-refractivity contribution in [1.29, 1.82) is 0 Å². The first kappa shape index (κ1) is 16.9. The second-order valence-electron chi connectivity index (χ2n) is 6.07. The summed E-state index contributed by atoms with van der Waals surface area (Å²) in [4.78, 5) is 28.6. The third-order valence-corrected chi connectivity index (χ3v) is 5.39. The second-order valence-corrected chi connectivity index (χ2v) is 6.95. The largest absolute Gasteiger partial charge is 0.450 e. The Labute approximate surface area is 154 Å². The molecule has 0 bridgehead atoms. The lowest BCUT2D eigenvalue weighted by Gasteiger charge is -2.24. The molecule has 1 aromatic heterocycles. The number of rotatable bonds is 4. The molecule has 0 unspecified atom stereocenters. The summed E-state index contributed by atoms with van der Waals surface area (Å²) >= 11 is 1.62. The van der Waals surface area contributed by atoms with Crippen LogP contribution in [0.2, 0.25) is 0 Å². The van der Waals surface area contributed by atoms with E-state index < -0.39 is 6.04 Å². The van der Waals surface area contributed by atoms with E-state index >= 15 is 0 Å². The molecule has 3 aromatic rings. The number of hydrogen-bond donors (Lipinski definition) is 1. The van der Waals surface area contributed by atoms with E-state index in [1.807, 2.05) is 30.5 Å². The van der Waals surface area contributed by atoms with Gasteiger partial charge < -0.3 is 14.4 Å². The van der Waals surface area contributed by atoms with Crippen molar-refractivity contribution in [2.45, 2.75) is 10.9 Å². The molecule has 4 rings (SSSR count). The van der Waals surface area contributed by atoms with Gasteiger partial charge in [-0.15, -0.1) is 11.8 Å². The number of para-hydroxylation sites is 1. The normalized spacial score (nSPS) is 16.3. The Kier molecular flexibility index (Phi) is 4.30. The van der Waals surface area contributed by atoms with E-state index in [1.165, 1.54) is 4.90 Å². The molecule has 2 aromatic carbocycles. The van der Waals surface area contributed by atoms with Crippen LogP contribution in [0.15, 0.2) is 62.6 Å². The van der Waals surface area contributed by atoms with Crippen LogP contribution >= 0.6 is 11.8 Å². The van der Waals surface area contributed by atoms with E-state index in [0.717, 1.165) is 10.5 Å². The zero-order valence-electron chi connectivity index (χ0n) is 14.1. The van der Waals surface area contributed by atoms with Crippen LogP contribution in [0.25, 0.3) is 11.0 Å². The van der Waals surface area contributed by atoms with Gasteiger partial charge in [0.25, 0.3) is 5.91 Å². The summed E-state index contributed by atoms with van der Waals surface area (Å²) in [5.41, 5.74) is 1.37. The van der Waals surface area contributed by atoms with E-state index in [1.54, 1.807) is 36.0 Å². The molecule has 6 heteroatoms. The van der Waals surface area contributed by atoms with Gasteiger partial charge in [0.05, 0.1) is 23.6 Å². The van der Waals surface area contributed by atoms with Crippen LogP contribution in [0, 0.1) is 0 Å². The lowest BCUT2D eigenvalue weighted by molar-refractivity contribution is 0.0691. The molecule has 0 aliphatic carbocycles. The predicted octanol–water partition coefficient (Wildman–Crippen LogP) is 3.05. The smallest absolute Gasteiger partial charge is 0.290 e. The topological polar surface area (TPSA) is 70.8 Å². The standard InChI is InChI=1S/C20H17NO4S/c1-26-13-8-6-12(7-9-13)17-16-18(23)14-4-2-3-5-15(14)25-19(16)20(24)21(17)10-11-22/h2-9,17,22H,10-11H2,1H3/t17-/m1/s1. The number of aliphatic hydroxyl groups excluding tert-OH is 1. The minimum atomic E-state index is -0.554. The highest BCUT2D eigenvalue weighted by atomic mass is 32.2. The zero-order chi connectivity index (χ0) is 18.3. The Morgan fingerprint density at radius 1 is 1.12 bits per heavy atom. The van der Waals surface area contributed by atoms with Gasteiger partial charge in [-0.25, -0.2) is 0 Å². The minimum absolute atomic E-state index is 0.0705. The zero-order valence-corrected chi connectivity index (χ0v) is 15.0. The van der Waals surface area contributed by atoms with Crippen molar-refractivity contribution >= 4 is 28.6 Å². The number of nitrogens with zero attached hydrogens (tertiary/aromatic N) is 1. The molecule has 1 aliphatic heterocycles. The maximum absolute atomic E-state index is 13.1. The fourth-order valence-electron chi connectivity index (χ4n) is 3.44. The number of carbonyl (C=O) groups excluding carboxylic acids is 1. The van der Waals surface area contributed by atoms with E-state index in [9.17, 15) is 14.7 Å². The van der Waals surface area contributed by atoms with Gasteiger partial charge in [0.1, 0.15) is 5.58 Å². The Bertz CT molecular complexity index is 1040. The highest BCUT2D eigenvalue weighted by Crippen LogP contribution is 2.38. The molecule has 0 saturated carbocycles. The summed E-state index contributed by atoms with van der Waals surface area (Å²) in [6.45, 7) is -0.0550. The molecule has 1 amide bonds. The van der Waals surface area contributed by atoms with Crippen LogP contribution in [-0.2, 0) is 0 Å². The van der Waals surface area contributed by atoms with E-state index in [2.05, 4.69) is 0 Å². The fourth-order valence-corrected chi connectivity index (χ4v) is 3.85. The molecular formula is C20H17NO4S. The Morgan fingerprint density at radius 2 is 1.85 bits per heavy atom. The third-order valence-electron chi connectivity index (χ3n) is 4.65. The molecule has 1 N–H and O–H groups in total. The average Bonchev–Trinajstić information content (AvgIpc) is 2.95. The van der Waals surface area contributed by atoms with Gasteiger partial charge in [-0.2, -0.15) is 0 Å². The summed E-state index contributed by atoms with van der Waals surface area (Å²) in [5, 5.41) is 9.88. The van der Waals surface area contributed by atoms with Crippen molar-refractivity contribution in [2.75, 3.05) is 19.4 Å². The van der Waals surface area contributed by atoms with E-state index in [4.69, 9.17) is 4.42 Å². The van der Waals surface area contributed by atoms with Crippen molar-refractivity contribution < 1.29 is 14.3 Å². The number of thioether (sulfide) groups is 1. The number of carbonyl (C=O) groups is 1. The molecule has 1 aliphatic rings. The Balaban J connectivity index is 1.96. The number of amides is 1. The lowest BCUT2D eigenvalue weighted by Crippen LogP contribution is -2.32. The first-order valence-corrected chi connectivity index (χ1v) is 9.49. The molecule has 0 fully saturated rings. The van der Waals surface area contributed by atoms with Crippen molar-refractivity contribution in [3.63, 3.8) is 0 Å². The lowest BCUT2D eigenvalue weighted by atomic mass is 9.98. The molecule has 26 heavy (non-hydrogen) atoms. The van der Waals surface area contributed by atoms with Gasteiger partial charge in [-0.1, -0.05) is 24.3 Å². The predicted molar refractivity (Wildman–Crippen MR) is 101 cm³/mol. The molecule has 1 atom stereocenters. The third kappa shape index (κ3) is 2.53. The van der Waals surface area contributed by atoms with Gasteiger partial charge in [-0.3, -0.25) is 9.59 Å².